The van der Waals surface area contributed by atoms with Crippen molar-refractivity contribution in [1.29, 1.82) is 0 Å². The summed E-state index contributed by atoms with van der Waals surface area (Å²) in [5.41, 5.74) is 0.888. The number of aromatic nitrogens is 1. The van der Waals surface area contributed by atoms with Crippen LogP contribution in [0.25, 0.3) is 5.69 Å². The normalized spacial score (nSPS) is 10.6. The summed E-state index contributed by atoms with van der Waals surface area (Å²) in [4.78, 5) is 11.7. The summed E-state index contributed by atoms with van der Waals surface area (Å²) < 4.78 is 25.4. The first-order valence-corrected chi connectivity index (χ1v) is 6.50. The minimum atomic E-state index is -0.490. The number of rotatable bonds is 7. The number of hydrogen-bond acceptors (Lipinski definition) is 3. The Kier molecular flexibility index (Phi) is 5.48. The average molecular weight is 292 g/mol. The zero-order valence-electron chi connectivity index (χ0n) is 11.7. The van der Waals surface area contributed by atoms with Gasteiger partial charge in [0.2, 0.25) is 5.91 Å². The molecule has 0 saturated carbocycles. The Labute approximate surface area is 122 Å². The summed E-state index contributed by atoms with van der Waals surface area (Å²) in [5.74, 6) is -0.897. The number of hydrogen-bond donors (Lipinski definition) is 1. The predicted octanol–water partition coefficient (Wildman–Crippen LogP) is 2.22. The number of nitrogens with zero attached hydrogens (tertiary/aromatic N) is 1. The molecule has 21 heavy (non-hydrogen) atoms. The second kappa shape index (κ2) is 7.56. The SMILES string of the molecule is COCCOCC(=O)Nc1cc(-n2cccc2)ccc1F. The Bertz CT molecular complexity index is 585. The predicted molar refractivity (Wildman–Crippen MR) is 77.1 cm³/mol. The molecule has 1 heterocycles. The number of methoxy groups -OCH3 is 1. The van der Waals surface area contributed by atoms with Crippen LogP contribution in [0.2, 0.25) is 0 Å². The van der Waals surface area contributed by atoms with Gasteiger partial charge in [-0.05, 0) is 30.3 Å². The average Bonchev–Trinajstić information content (AvgIpc) is 3.00. The van der Waals surface area contributed by atoms with Gasteiger partial charge in [0.25, 0.3) is 0 Å². The zero-order chi connectivity index (χ0) is 15.1. The third-order valence-corrected chi connectivity index (χ3v) is 2.79. The topological polar surface area (TPSA) is 52.5 Å². The highest BCUT2D eigenvalue weighted by Crippen LogP contribution is 2.19. The van der Waals surface area contributed by atoms with Crippen molar-refractivity contribution in [2.24, 2.45) is 0 Å². The number of benzene rings is 1. The minimum Gasteiger partial charge on any atom is -0.382 e. The number of anilines is 1. The van der Waals surface area contributed by atoms with Crippen LogP contribution >= 0.6 is 0 Å². The summed E-state index contributed by atoms with van der Waals surface area (Å²) in [7, 11) is 1.55. The lowest BCUT2D eigenvalue weighted by molar-refractivity contribution is -0.121. The molecule has 112 valence electrons. The smallest absolute Gasteiger partial charge is 0.250 e. The van der Waals surface area contributed by atoms with E-state index in [0.717, 1.165) is 5.69 Å². The fourth-order valence-electron chi connectivity index (χ4n) is 1.77. The maximum Gasteiger partial charge on any atom is 0.250 e. The maximum absolute atomic E-state index is 13.7. The zero-order valence-corrected chi connectivity index (χ0v) is 11.7. The van der Waals surface area contributed by atoms with Gasteiger partial charge in [0.05, 0.1) is 18.9 Å². The van der Waals surface area contributed by atoms with Crippen molar-refractivity contribution in [3.05, 3.63) is 48.5 Å². The Hall–Kier alpha value is -2.18. The molecule has 0 atom stereocenters. The van der Waals surface area contributed by atoms with Gasteiger partial charge in [-0.2, -0.15) is 0 Å². The second-order valence-corrected chi connectivity index (χ2v) is 4.35. The molecule has 0 aliphatic rings. The molecule has 0 fully saturated rings. The van der Waals surface area contributed by atoms with Crippen molar-refractivity contribution >= 4 is 11.6 Å². The molecule has 0 spiro atoms. The van der Waals surface area contributed by atoms with Crippen molar-refractivity contribution in [2.75, 3.05) is 32.2 Å². The van der Waals surface area contributed by atoms with E-state index < -0.39 is 11.7 Å². The molecular weight excluding hydrogens is 275 g/mol. The molecular formula is C15H17FN2O3. The minimum absolute atomic E-state index is 0.126. The Morgan fingerprint density at radius 1 is 1.29 bits per heavy atom. The van der Waals surface area contributed by atoms with Crippen molar-refractivity contribution in [1.82, 2.24) is 4.57 Å². The summed E-state index contributed by atoms with van der Waals surface area (Å²) in [6.07, 6.45) is 3.68. The summed E-state index contributed by atoms with van der Waals surface area (Å²) in [6.45, 7) is 0.580. The van der Waals surface area contributed by atoms with Gasteiger partial charge < -0.3 is 19.4 Å². The molecule has 0 unspecified atom stereocenters. The van der Waals surface area contributed by atoms with E-state index >= 15 is 0 Å². The van der Waals surface area contributed by atoms with Gasteiger partial charge in [-0.15, -0.1) is 0 Å². The highest BCUT2D eigenvalue weighted by Gasteiger charge is 2.08. The Balaban J connectivity index is 1.99. The number of carbonyl (C=O) groups is 1. The van der Waals surface area contributed by atoms with E-state index in [9.17, 15) is 9.18 Å². The standard InChI is InChI=1S/C15H17FN2O3/c1-20-8-9-21-11-15(19)17-14-10-12(4-5-13(14)16)18-6-2-3-7-18/h2-7,10H,8-9,11H2,1H3,(H,17,19). The van der Waals surface area contributed by atoms with Crippen LogP contribution in [0, 0.1) is 5.82 Å². The van der Waals surface area contributed by atoms with E-state index in [1.807, 2.05) is 29.1 Å². The molecule has 1 amide bonds. The summed E-state index contributed by atoms with van der Waals surface area (Å²) in [6, 6.07) is 8.26. The van der Waals surface area contributed by atoms with Crippen LogP contribution in [0.3, 0.4) is 0 Å². The maximum atomic E-state index is 13.7. The van der Waals surface area contributed by atoms with Gasteiger partial charge in [-0.1, -0.05) is 0 Å². The molecule has 0 bridgehead atoms. The first-order valence-electron chi connectivity index (χ1n) is 6.50. The fourth-order valence-corrected chi connectivity index (χ4v) is 1.77. The Morgan fingerprint density at radius 3 is 2.76 bits per heavy atom. The van der Waals surface area contributed by atoms with E-state index in [1.54, 1.807) is 19.2 Å². The van der Waals surface area contributed by atoms with E-state index in [2.05, 4.69) is 5.32 Å². The first-order chi connectivity index (χ1) is 10.2. The van der Waals surface area contributed by atoms with Gasteiger partial charge in [0.1, 0.15) is 12.4 Å². The fraction of sp³-hybridized carbons (Fsp3) is 0.267. The van der Waals surface area contributed by atoms with Gasteiger partial charge in [-0.25, -0.2) is 4.39 Å². The van der Waals surface area contributed by atoms with Crippen LogP contribution < -0.4 is 5.32 Å². The van der Waals surface area contributed by atoms with Gasteiger partial charge in [0.15, 0.2) is 0 Å². The molecule has 0 radical (unpaired) electrons. The monoisotopic (exact) mass is 292 g/mol. The molecule has 0 aliphatic heterocycles. The highest BCUT2D eigenvalue weighted by molar-refractivity contribution is 5.92. The van der Waals surface area contributed by atoms with Crippen molar-refractivity contribution < 1.29 is 18.7 Å². The number of halogens is 1. The largest absolute Gasteiger partial charge is 0.382 e. The van der Waals surface area contributed by atoms with Crippen LogP contribution in [0.15, 0.2) is 42.7 Å². The van der Waals surface area contributed by atoms with E-state index in [0.29, 0.717) is 13.2 Å². The van der Waals surface area contributed by atoms with E-state index in [4.69, 9.17) is 9.47 Å². The van der Waals surface area contributed by atoms with Crippen LogP contribution in [0.1, 0.15) is 0 Å². The second-order valence-electron chi connectivity index (χ2n) is 4.35. The first kappa shape index (κ1) is 15.2. The molecule has 6 heteroatoms. The van der Waals surface area contributed by atoms with E-state index in [-0.39, 0.29) is 12.3 Å². The van der Waals surface area contributed by atoms with Crippen molar-refractivity contribution in [2.45, 2.75) is 0 Å². The van der Waals surface area contributed by atoms with Gasteiger partial charge in [-0.3, -0.25) is 4.79 Å². The van der Waals surface area contributed by atoms with Crippen LogP contribution in [0.4, 0.5) is 10.1 Å². The van der Waals surface area contributed by atoms with Crippen LogP contribution in [-0.4, -0.2) is 37.4 Å². The third kappa shape index (κ3) is 4.40. The third-order valence-electron chi connectivity index (χ3n) is 2.79. The number of nitrogens with one attached hydrogen (secondary N) is 1. The molecule has 1 aromatic carbocycles. The lowest BCUT2D eigenvalue weighted by Crippen LogP contribution is -2.20. The van der Waals surface area contributed by atoms with Crippen LogP contribution in [0.5, 0.6) is 0 Å². The molecule has 5 nitrogen and oxygen atoms in total. The summed E-state index contributed by atoms with van der Waals surface area (Å²) >= 11 is 0. The molecule has 0 saturated heterocycles. The van der Waals surface area contributed by atoms with E-state index in [1.165, 1.54) is 6.07 Å². The van der Waals surface area contributed by atoms with Crippen molar-refractivity contribution in [3.63, 3.8) is 0 Å². The lowest BCUT2D eigenvalue weighted by atomic mass is 10.2. The summed E-state index contributed by atoms with van der Waals surface area (Å²) in [5, 5.41) is 2.50. The number of amides is 1. The van der Waals surface area contributed by atoms with Gasteiger partial charge in [0, 0.05) is 25.2 Å². The van der Waals surface area contributed by atoms with Crippen molar-refractivity contribution in [3.8, 4) is 5.69 Å². The lowest BCUT2D eigenvalue weighted by Gasteiger charge is -2.10. The molecule has 2 aromatic rings. The van der Waals surface area contributed by atoms with Crippen LogP contribution in [-0.2, 0) is 14.3 Å². The molecule has 2 rings (SSSR count). The molecule has 1 aromatic heterocycles. The molecule has 1 N–H and O–H groups in total. The number of carbonyl (C=O) groups excluding carboxylic acids is 1. The molecule has 0 aliphatic carbocycles. The quantitative estimate of drug-likeness (QED) is 0.796. The highest BCUT2D eigenvalue weighted by atomic mass is 19.1. The Morgan fingerprint density at radius 2 is 2.05 bits per heavy atom. The van der Waals surface area contributed by atoms with Gasteiger partial charge >= 0.3 is 0 Å². The number of ether oxygens (including phenoxy) is 2.